The average Bonchev–Trinajstić information content (AvgIpc) is 2.61. The first kappa shape index (κ1) is 14.8. The molecule has 0 spiro atoms. The maximum Gasteiger partial charge on any atom is 0.277 e. The highest BCUT2D eigenvalue weighted by Gasteiger charge is 2.01. The van der Waals surface area contributed by atoms with E-state index in [1.165, 1.54) is 0 Å². The number of carbonyl (C=O) groups excluding carboxylic acids is 1. The van der Waals surface area contributed by atoms with Crippen molar-refractivity contribution in [2.24, 2.45) is 5.10 Å². The molecule has 114 valence electrons. The molecule has 4 heteroatoms. The summed E-state index contributed by atoms with van der Waals surface area (Å²) in [7, 11) is 0. The second-order valence-corrected chi connectivity index (χ2v) is 4.96. The number of hydrogen-bond acceptors (Lipinski definition) is 3. The molecule has 4 nitrogen and oxygen atoms in total. The lowest BCUT2D eigenvalue weighted by Gasteiger charge is -2.04. The van der Waals surface area contributed by atoms with E-state index < -0.39 is 0 Å². The Balaban J connectivity index is 1.59. The molecule has 0 unspecified atom stereocenters. The average molecular weight is 304 g/mol. The lowest BCUT2D eigenvalue weighted by atomic mass is 10.1. The van der Waals surface area contributed by atoms with Crippen LogP contribution in [0.3, 0.4) is 0 Å². The van der Waals surface area contributed by atoms with E-state index in [1.54, 1.807) is 18.3 Å². The number of nitrogens with one attached hydrogen (secondary N) is 1. The van der Waals surface area contributed by atoms with Gasteiger partial charge in [-0.25, -0.2) is 5.43 Å². The summed E-state index contributed by atoms with van der Waals surface area (Å²) in [6.45, 7) is -0.0725. The van der Waals surface area contributed by atoms with Gasteiger partial charge in [0.2, 0.25) is 0 Å². The maximum absolute atomic E-state index is 11.7. The van der Waals surface area contributed by atoms with E-state index in [4.69, 9.17) is 4.74 Å². The Morgan fingerprint density at radius 3 is 2.57 bits per heavy atom. The number of fused-ring (bicyclic) bond motifs is 1. The number of amides is 1. The zero-order valence-corrected chi connectivity index (χ0v) is 12.5. The third-order valence-electron chi connectivity index (χ3n) is 3.33. The molecule has 0 atom stereocenters. The fourth-order valence-corrected chi connectivity index (χ4v) is 2.23. The molecule has 0 aliphatic rings. The molecule has 0 heterocycles. The first-order valence-electron chi connectivity index (χ1n) is 7.30. The Labute approximate surface area is 134 Å². The Kier molecular flexibility index (Phi) is 4.64. The smallest absolute Gasteiger partial charge is 0.277 e. The van der Waals surface area contributed by atoms with Crippen LogP contribution in [0.1, 0.15) is 5.56 Å². The Morgan fingerprint density at radius 2 is 1.70 bits per heavy atom. The summed E-state index contributed by atoms with van der Waals surface area (Å²) < 4.78 is 5.35. The van der Waals surface area contributed by atoms with Gasteiger partial charge in [-0.1, -0.05) is 60.7 Å². The predicted molar refractivity (Wildman–Crippen MR) is 91.6 cm³/mol. The molecule has 0 saturated heterocycles. The van der Waals surface area contributed by atoms with Crippen molar-refractivity contribution in [3.63, 3.8) is 0 Å². The highest BCUT2D eigenvalue weighted by atomic mass is 16.5. The zero-order valence-electron chi connectivity index (χ0n) is 12.5. The quantitative estimate of drug-likeness (QED) is 0.580. The van der Waals surface area contributed by atoms with Gasteiger partial charge in [-0.2, -0.15) is 5.10 Å². The summed E-state index contributed by atoms with van der Waals surface area (Å²) in [4.78, 5) is 11.7. The molecular formula is C19H16N2O2. The molecular weight excluding hydrogens is 288 g/mol. The molecule has 1 amide bonds. The van der Waals surface area contributed by atoms with E-state index in [0.29, 0.717) is 5.75 Å². The number of carbonyl (C=O) groups is 1. The van der Waals surface area contributed by atoms with Crippen LogP contribution in [0.5, 0.6) is 5.75 Å². The van der Waals surface area contributed by atoms with Crippen molar-refractivity contribution in [2.75, 3.05) is 6.61 Å². The highest BCUT2D eigenvalue weighted by Crippen LogP contribution is 2.16. The molecule has 3 rings (SSSR count). The van der Waals surface area contributed by atoms with E-state index in [2.05, 4.69) is 10.5 Å². The van der Waals surface area contributed by atoms with Crippen molar-refractivity contribution in [2.45, 2.75) is 0 Å². The summed E-state index contributed by atoms with van der Waals surface area (Å²) in [6.07, 6.45) is 1.64. The SMILES string of the molecule is O=C(COc1ccccc1)N/N=C/c1cccc2ccccc12. The van der Waals surface area contributed by atoms with Crippen LogP contribution in [-0.2, 0) is 4.79 Å². The number of benzene rings is 3. The highest BCUT2D eigenvalue weighted by molar-refractivity contribution is 5.99. The van der Waals surface area contributed by atoms with Crippen LogP contribution in [0.15, 0.2) is 77.9 Å². The normalized spacial score (nSPS) is 10.8. The van der Waals surface area contributed by atoms with Crippen molar-refractivity contribution < 1.29 is 9.53 Å². The Hall–Kier alpha value is -3.14. The van der Waals surface area contributed by atoms with Crippen LogP contribution in [0.2, 0.25) is 0 Å². The van der Waals surface area contributed by atoms with Crippen LogP contribution < -0.4 is 10.2 Å². The standard InChI is InChI=1S/C19H16N2O2/c22-19(14-23-17-10-2-1-3-11-17)21-20-13-16-9-6-8-15-7-4-5-12-18(15)16/h1-13H,14H2,(H,21,22)/b20-13+. The second kappa shape index (κ2) is 7.22. The zero-order chi connectivity index (χ0) is 15.9. The molecule has 0 aromatic heterocycles. The number of rotatable bonds is 5. The maximum atomic E-state index is 11.7. The lowest BCUT2D eigenvalue weighted by molar-refractivity contribution is -0.123. The number of hydrazone groups is 1. The second-order valence-electron chi connectivity index (χ2n) is 4.96. The predicted octanol–water partition coefficient (Wildman–Crippen LogP) is 3.37. The van der Waals surface area contributed by atoms with Crippen LogP contribution in [-0.4, -0.2) is 18.7 Å². The minimum atomic E-state index is -0.301. The van der Waals surface area contributed by atoms with Gasteiger partial charge in [-0.3, -0.25) is 4.79 Å². The van der Waals surface area contributed by atoms with E-state index in [0.717, 1.165) is 16.3 Å². The monoisotopic (exact) mass is 304 g/mol. The number of para-hydroxylation sites is 1. The number of nitrogens with zero attached hydrogens (tertiary/aromatic N) is 1. The molecule has 3 aromatic carbocycles. The summed E-state index contributed by atoms with van der Waals surface area (Å²) in [5, 5.41) is 6.23. The third kappa shape index (κ3) is 3.95. The fraction of sp³-hybridized carbons (Fsp3) is 0.0526. The topological polar surface area (TPSA) is 50.7 Å². The summed E-state index contributed by atoms with van der Waals surface area (Å²) in [5.41, 5.74) is 3.42. The minimum absolute atomic E-state index is 0.0725. The molecule has 3 aromatic rings. The van der Waals surface area contributed by atoms with E-state index in [-0.39, 0.29) is 12.5 Å². The number of ether oxygens (including phenoxy) is 1. The van der Waals surface area contributed by atoms with Crippen LogP contribution in [0.4, 0.5) is 0 Å². The summed E-state index contributed by atoms with van der Waals surface area (Å²) in [6, 6.07) is 23.2. The van der Waals surface area contributed by atoms with E-state index in [1.807, 2.05) is 60.7 Å². The van der Waals surface area contributed by atoms with Gasteiger partial charge in [0, 0.05) is 5.56 Å². The van der Waals surface area contributed by atoms with Gasteiger partial charge < -0.3 is 4.74 Å². The molecule has 0 saturated carbocycles. The molecule has 23 heavy (non-hydrogen) atoms. The molecule has 0 aliphatic heterocycles. The van der Waals surface area contributed by atoms with Crippen molar-refractivity contribution in [3.8, 4) is 5.75 Å². The first-order valence-corrected chi connectivity index (χ1v) is 7.30. The summed E-state index contributed by atoms with van der Waals surface area (Å²) >= 11 is 0. The van der Waals surface area contributed by atoms with Gasteiger partial charge in [0.15, 0.2) is 6.61 Å². The van der Waals surface area contributed by atoms with Crippen LogP contribution in [0.25, 0.3) is 10.8 Å². The fourth-order valence-electron chi connectivity index (χ4n) is 2.23. The van der Waals surface area contributed by atoms with Gasteiger partial charge in [-0.15, -0.1) is 0 Å². The van der Waals surface area contributed by atoms with Gasteiger partial charge in [0.25, 0.3) is 5.91 Å². The Morgan fingerprint density at radius 1 is 0.957 bits per heavy atom. The van der Waals surface area contributed by atoms with Gasteiger partial charge >= 0.3 is 0 Å². The van der Waals surface area contributed by atoms with Gasteiger partial charge in [-0.05, 0) is 22.9 Å². The molecule has 0 fully saturated rings. The Bertz CT molecular complexity index is 824. The van der Waals surface area contributed by atoms with Gasteiger partial charge in [0.1, 0.15) is 5.75 Å². The van der Waals surface area contributed by atoms with E-state index in [9.17, 15) is 4.79 Å². The van der Waals surface area contributed by atoms with Crippen molar-refractivity contribution in [1.29, 1.82) is 0 Å². The molecule has 0 aliphatic carbocycles. The van der Waals surface area contributed by atoms with Crippen LogP contribution in [0, 0.1) is 0 Å². The lowest BCUT2D eigenvalue weighted by Crippen LogP contribution is -2.24. The molecule has 1 N–H and O–H groups in total. The van der Waals surface area contributed by atoms with Crippen LogP contribution >= 0.6 is 0 Å². The summed E-state index contributed by atoms with van der Waals surface area (Å²) in [5.74, 6) is 0.353. The number of hydrogen-bond donors (Lipinski definition) is 1. The third-order valence-corrected chi connectivity index (χ3v) is 3.33. The van der Waals surface area contributed by atoms with Crippen molar-refractivity contribution in [1.82, 2.24) is 5.43 Å². The molecule has 0 bridgehead atoms. The largest absolute Gasteiger partial charge is 0.484 e. The minimum Gasteiger partial charge on any atom is -0.484 e. The first-order chi connectivity index (χ1) is 11.3. The molecule has 0 radical (unpaired) electrons. The van der Waals surface area contributed by atoms with Gasteiger partial charge in [0.05, 0.1) is 6.21 Å². The van der Waals surface area contributed by atoms with E-state index >= 15 is 0 Å². The van der Waals surface area contributed by atoms with Crippen molar-refractivity contribution in [3.05, 3.63) is 78.4 Å². The van der Waals surface area contributed by atoms with Crippen molar-refractivity contribution >= 4 is 22.9 Å².